The topological polar surface area (TPSA) is 41.5 Å². The molecule has 2 atom stereocenters. The van der Waals surface area contributed by atoms with Crippen molar-refractivity contribution in [3.05, 3.63) is 0 Å². The summed E-state index contributed by atoms with van der Waals surface area (Å²) in [5.74, 6) is 0.344. The van der Waals surface area contributed by atoms with Crippen molar-refractivity contribution in [3.8, 4) is 0 Å². The van der Waals surface area contributed by atoms with Gasteiger partial charge in [0.1, 0.15) is 0 Å². The van der Waals surface area contributed by atoms with Crippen molar-refractivity contribution in [3.63, 3.8) is 0 Å². The van der Waals surface area contributed by atoms with Gasteiger partial charge in [0, 0.05) is 25.7 Å². The quantitative estimate of drug-likeness (QED) is 0.608. The molecule has 1 saturated heterocycles. The highest BCUT2D eigenvalue weighted by molar-refractivity contribution is 4.77. The molecule has 0 bridgehead atoms. The first-order valence-electron chi connectivity index (χ1n) is 4.31. The summed E-state index contributed by atoms with van der Waals surface area (Å²) in [7, 11) is 0. The summed E-state index contributed by atoms with van der Waals surface area (Å²) < 4.78 is 5.46. The number of hydrogen-bond acceptors (Lipinski definition) is 3. The van der Waals surface area contributed by atoms with Crippen molar-refractivity contribution in [2.75, 3.05) is 26.3 Å². The number of ether oxygens (including phenoxy) is 1. The standard InChI is InChI=1S/C8H17NO2/c1-2-11-8-5-9-4-3-7(8)6-10/h7-10H,2-6H2,1H3. The summed E-state index contributed by atoms with van der Waals surface area (Å²) in [5.41, 5.74) is 0. The molecule has 1 aliphatic rings. The molecule has 1 aliphatic heterocycles. The van der Waals surface area contributed by atoms with Crippen LogP contribution in [-0.2, 0) is 4.74 Å². The van der Waals surface area contributed by atoms with Crippen LogP contribution in [0, 0.1) is 5.92 Å². The fourth-order valence-electron chi connectivity index (χ4n) is 1.50. The van der Waals surface area contributed by atoms with Gasteiger partial charge >= 0.3 is 0 Å². The fourth-order valence-corrected chi connectivity index (χ4v) is 1.50. The van der Waals surface area contributed by atoms with E-state index in [-0.39, 0.29) is 12.7 Å². The monoisotopic (exact) mass is 159 g/mol. The number of piperidine rings is 1. The van der Waals surface area contributed by atoms with Gasteiger partial charge in [0.2, 0.25) is 0 Å². The van der Waals surface area contributed by atoms with Crippen LogP contribution in [0.2, 0.25) is 0 Å². The Morgan fingerprint density at radius 1 is 1.64 bits per heavy atom. The first-order chi connectivity index (χ1) is 5.38. The highest BCUT2D eigenvalue weighted by Gasteiger charge is 2.23. The van der Waals surface area contributed by atoms with Gasteiger partial charge in [0.25, 0.3) is 0 Å². The van der Waals surface area contributed by atoms with E-state index >= 15 is 0 Å². The van der Waals surface area contributed by atoms with E-state index in [1.54, 1.807) is 0 Å². The highest BCUT2D eigenvalue weighted by atomic mass is 16.5. The zero-order chi connectivity index (χ0) is 8.10. The van der Waals surface area contributed by atoms with E-state index in [0.717, 1.165) is 26.1 Å². The van der Waals surface area contributed by atoms with Gasteiger partial charge in [-0.25, -0.2) is 0 Å². The fraction of sp³-hybridized carbons (Fsp3) is 1.00. The molecular formula is C8H17NO2. The average Bonchev–Trinajstić information content (AvgIpc) is 2.06. The molecule has 0 aliphatic carbocycles. The zero-order valence-corrected chi connectivity index (χ0v) is 7.05. The molecule has 0 aromatic heterocycles. The molecule has 0 radical (unpaired) electrons. The lowest BCUT2D eigenvalue weighted by Gasteiger charge is -2.30. The van der Waals surface area contributed by atoms with Crippen LogP contribution in [0.3, 0.4) is 0 Å². The molecule has 0 aromatic rings. The maximum absolute atomic E-state index is 8.98. The Morgan fingerprint density at radius 3 is 3.09 bits per heavy atom. The molecular weight excluding hydrogens is 142 g/mol. The number of nitrogens with one attached hydrogen (secondary N) is 1. The second-order valence-corrected chi connectivity index (χ2v) is 2.93. The molecule has 66 valence electrons. The summed E-state index contributed by atoms with van der Waals surface area (Å²) >= 11 is 0. The van der Waals surface area contributed by atoms with E-state index in [0.29, 0.717) is 5.92 Å². The van der Waals surface area contributed by atoms with Gasteiger partial charge in [-0.05, 0) is 19.9 Å². The maximum Gasteiger partial charge on any atom is 0.0749 e. The normalized spacial score (nSPS) is 32.2. The molecule has 3 nitrogen and oxygen atoms in total. The molecule has 2 N–H and O–H groups in total. The van der Waals surface area contributed by atoms with Crippen molar-refractivity contribution >= 4 is 0 Å². The SMILES string of the molecule is CCOC1CNCCC1CO. The van der Waals surface area contributed by atoms with Gasteiger partial charge in [-0.1, -0.05) is 0 Å². The van der Waals surface area contributed by atoms with Crippen LogP contribution in [0.5, 0.6) is 0 Å². The van der Waals surface area contributed by atoms with E-state index in [2.05, 4.69) is 5.32 Å². The minimum Gasteiger partial charge on any atom is -0.396 e. The van der Waals surface area contributed by atoms with Gasteiger partial charge in [-0.3, -0.25) is 0 Å². The molecule has 1 rings (SSSR count). The molecule has 1 heterocycles. The van der Waals surface area contributed by atoms with Crippen LogP contribution in [0.25, 0.3) is 0 Å². The Labute approximate surface area is 67.7 Å². The van der Waals surface area contributed by atoms with Crippen LogP contribution in [-0.4, -0.2) is 37.5 Å². The van der Waals surface area contributed by atoms with Gasteiger partial charge in [0.15, 0.2) is 0 Å². The minimum absolute atomic E-state index is 0.221. The van der Waals surface area contributed by atoms with Crippen molar-refractivity contribution in [2.24, 2.45) is 5.92 Å². The van der Waals surface area contributed by atoms with Crippen LogP contribution < -0.4 is 5.32 Å². The number of hydrogen-bond donors (Lipinski definition) is 2. The van der Waals surface area contributed by atoms with E-state index in [1.165, 1.54) is 0 Å². The first-order valence-corrected chi connectivity index (χ1v) is 4.31. The Balaban J connectivity index is 2.31. The smallest absolute Gasteiger partial charge is 0.0749 e. The van der Waals surface area contributed by atoms with Gasteiger partial charge in [-0.15, -0.1) is 0 Å². The summed E-state index contributed by atoms with van der Waals surface area (Å²) in [6, 6.07) is 0. The molecule has 0 spiro atoms. The number of rotatable bonds is 3. The average molecular weight is 159 g/mol. The summed E-state index contributed by atoms with van der Waals surface area (Å²) in [5, 5.41) is 12.2. The zero-order valence-electron chi connectivity index (χ0n) is 7.05. The number of aliphatic hydroxyl groups excluding tert-OH is 1. The van der Waals surface area contributed by atoms with E-state index < -0.39 is 0 Å². The lowest BCUT2D eigenvalue weighted by molar-refractivity contribution is -0.0141. The van der Waals surface area contributed by atoms with Crippen LogP contribution >= 0.6 is 0 Å². The Hall–Kier alpha value is -0.120. The van der Waals surface area contributed by atoms with E-state index in [9.17, 15) is 0 Å². The summed E-state index contributed by atoms with van der Waals surface area (Å²) in [6.45, 7) is 4.88. The van der Waals surface area contributed by atoms with Crippen molar-refractivity contribution in [2.45, 2.75) is 19.4 Å². The minimum atomic E-state index is 0.221. The highest BCUT2D eigenvalue weighted by Crippen LogP contribution is 2.14. The third kappa shape index (κ3) is 2.43. The molecule has 11 heavy (non-hydrogen) atoms. The lowest BCUT2D eigenvalue weighted by atomic mass is 9.96. The summed E-state index contributed by atoms with van der Waals surface area (Å²) in [6.07, 6.45) is 1.25. The third-order valence-corrected chi connectivity index (χ3v) is 2.18. The second-order valence-electron chi connectivity index (χ2n) is 2.93. The second kappa shape index (κ2) is 4.70. The Kier molecular flexibility index (Phi) is 3.83. The largest absolute Gasteiger partial charge is 0.396 e. The molecule has 2 unspecified atom stereocenters. The van der Waals surface area contributed by atoms with Crippen LogP contribution in [0.15, 0.2) is 0 Å². The molecule has 3 heteroatoms. The van der Waals surface area contributed by atoms with Crippen molar-refractivity contribution in [1.29, 1.82) is 0 Å². The maximum atomic E-state index is 8.98. The van der Waals surface area contributed by atoms with Crippen LogP contribution in [0.4, 0.5) is 0 Å². The molecule has 0 saturated carbocycles. The van der Waals surface area contributed by atoms with Gasteiger partial charge < -0.3 is 15.2 Å². The Morgan fingerprint density at radius 2 is 2.45 bits per heavy atom. The first kappa shape index (κ1) is 8.97. The van der Waals surface area contributed by atoms with Crippen molar-refractivity contribution in [1.82, 2.24) is 5.32 Å². The van der Waals surface area contributed by atoms with Crippen molar-refractivity contribution < 1.29 is 9.84 Å². The summed E-state index contributed by atoms with van der Waals surface area (Å²) in [4.78, 5) is 0. The lowest BCUT2D eigenvalue weighted by Crippen LogP contribution is -2.43. The molecule has 0 aromatic carbocycles. The van der Waals surface area contributed by atoms with Gasteiger partial charge in [-0.2, -0.15) is 0 Å². The van der Waals surface area contributed by atoms with E-state index in [1.807, 2.05) is 6.92 Å². The predicted octanol–water partition coefficient (Wildman–Crippen LogP) is -0.00670. The molecule has 1 fully saturated rings. The Bertz CT molecular complexity index is 106. The predicted molar refractivity (Wildman–Crippen MR) is 43.5 cm³/mol. The van der Waals surface area contributed by atoms with Gasteiger partial charge in [0.05, 0.1) is 6.10 Å². The molecule has 0 amide bonds. The van der Waals surface area contributed by atoms with Crippen LogP contribution in [0.1, 0.15) is 13.3 Å². The third-order valence-electron chi connectivity index (χ3n) is 2.18. The number of aliphatic hydroxyl groups is 1. The van der Waals surface area contributed by atoms with E-state index in [4.69, 9.17) is 9.84 Å².